The van der Waals surface area contributed by atoms with E-state index in [9.17, 15) is 17.8 Å². The van der Waals surface area contributed by atoms with Crippen LogP contribution in [0.4, 0.5) is 13.6 Å². The minimum absolute atomic E-state index is 0.00679. The maximum absolute atomic E-state index is 15.4. The van der Waals surface area contributed by atoms with Crippen molar-refractivity contribution in [1.82, 2.24) is 15.2 Å². The van der Waals surface area contributed by atoms with Gasteiger partial charge in [-0.1, -0.05) is 48.0 Å². The van der Waals surface area contributed by atoms with E-state index in [0.29, 0.717) is 38.6 Å². The molecule has 0 spiro atoms. The molecule has 310 valence electrons. The molecule has 2 amide bonds. The molecule has 1 aliphatic carbocycles. The highest BCUT2D eigenvalue weighted by Crippen LogP contribution is 2.53. The molecule has 5 unspecified atom stereocenters. The molecule has 3 aliphatic rings. The van der Waals surface area contributed by atoms with Gasteiger partial charge in [-0.15, -0.1) is 0 Å². The second-order valence-corrected chi connectivity index (χ2v) is 17.0. The van der Waals surface area contributed by atoms with Crippen molar-refractivity contribution in [2.45, 2.75) is 89.4 Å². The maximum atomic E-state index is 15.4. The summed E-state index contributed by atoms with van der Waals surface area (Å²) in [5, 5.41) is 16.8. The molecule has 0 radical (unpaired) electrons. The van der Waals surface area contributed by atoms with Gasteiger partial charge in [0.15, 0.2) is 11.6 Å². The number of hydrogen-bond acceptors (Lipinski definition) is 10. The zero-order chi connectivity index (χ0) is 40.9. The monoisotopic (exact) mass is 833 g/mol. The Morgan fingerprint density at radius 2 is 1.70 bits per heavy atom. The van der Waals surface area contributed by atoms with Crippen molar-refractivity contribution in [2.75, 3.05) is 38.4 Å². The van der Waals surface area contributed by atoms with Gasteiger partial charge in [-0.3, -0.25) is 29.2 Å². The van der Waals surface area contributed by atoms with Crippen LogP contribution in [-0.2, 0) is 38.1 Å². The lowest BCUT2D eigenvalue weighted by atomic mass is 9.62. The molecular weight excluding hydrogens is 784 g/mol. The number of nitrogens with zero attached hydrogens (tertiary/aromatic N) is 3. The van der Waals surface area contributed by atoms with Crippen LogP contribution in [0.3, 0.4) is 0 Å². The van der Waals surface area contributed by atoms with E-state index in [2.05, 4.69) is 4.84 Å². The van der Waals surface area contributed by atoms with Crippen molar-refractivity contribution in [3.8, 4) is 11.5 Å². The Morgan fingerprint density at radius 3 is 2.40 bits per heavy atom. The Kier molecular flexibility index (Phi) is 14.1. The van der Waals surface area contributed by atoms with Crippen LogP contribution in [-0.4, -0.2) is 98.4 Å². The van der Waals surface area contributed by atoms with E-state index in [1.54, 1.807) is 12.0 Å². The number of piperidine rings is 1. The fraction of sp³-hybridized carbons (Fsp3) is 0.512. The van der Waals surface area contributed by atoms with Gasteiger partial charge in [0.2, 0.25) is 5.91 Å². The third-order valence-corrected chi connectivity index (χ3v) is 13.3. The molecule has 16 heteroatoms. The van der Waals surface area contributed by atoms with Crippen LogP contribution < -0.4 is 9.47 Å². The summed E-state index contributed by atoms with van der Waals surface area (Å²) < 4.78 is 58.4. The SMILES string of the molecule is COc1cccc(CN(C(=O)C2(C)C(c3ccc(CCCOc4c(F)ccc(F)c4Cl)cc3)CC3CS(=O)CC2N3C(=O)OCCCCON(O)O)C2CC2)c1C. The van der Waals surface area contributed by atoms with E-state index >= 15 is 4.79 Å². The number of unbranched alkanes of at least 4 members (excludes halogenated alkanes) is 1. The fourth-order valence-corrected chi connectivity index (χ4v) is 10.1. The predicted molar refractivity (Wildman–Crippen MR) is 208 cm³/mol. The van der Waals surface area contributed by atoms with Crippen molar-refractivity contribution in [1.29, 1.82) is 0 Å². The van der Waals surface area contributed by atoms with Gasteiger partial charge in [-0.25, -0.2) is 13.6 Å². The van der Waals surface area contributed by atoms with Crippen LogP contribution in [0.25, 0.3) is 0 Å². The lowest BCUT2D eigenvalue weighted by Crippen LogP contribution is -2.70. The fourth-order valence-electron chi connectivity index (χ4n) is 8.21. The van der Waals surface area contributed by atoms with Gasteiger partial charge in [0, 0.05) is 46.9 Å². The van der Waals surface area contributed by atoms with Gasteiger partial charge in [-0.05, 0) is 99.2 Å². The van der Waals surface area contributed by atoms with Crippen LogP contribution in [0, 0.1) is 24.0 Å². The quantitative estimate of drug-likeness (QED) is 0.0806. The summed E-state index contributed by atoms with van der Waals surface area (Å²) in [7, 11) is 0.331. The molecule has 3 aromatic rings. The van der Waals surface area contributed by atoms with Crippen LogP contribution in [0.1, 0.15) is 73.6 Å². The topological polar surface area (TPSA) is 138 Å². The van der Waals surface area contributed by atoms with Crippen LogP contribution in [0.5, 0.6) is 11.5 Å². The third kappa shape index (κ3) is 9.72. The molecule has 5 atom stereocenters. The van der Waals surface area contributed by atoms with Gasteiger partial charge in [0.05, 0.1) is 43.8 Å². The molecule has 2 heterocycles. The Labute approximate surface area is 338 Å². The lowest BCUT2D eigenvalue weighted by Gasteiger charge is -2.57. The van der Waals surface area contributed by atoms with Gasteiger partial charge < -0.3 is 19.1 Å². The molecule has 0 aromatic heterocycles. The van der Waals surface area contributed by atoms with Crippen molar-refractivity contribution in [2.24, 2.45) is 5.41 Å². The average Bonchev–Trinajstić information content (AvgIpc) is 4.04. The Hall–Kier alpha value is -3.86. The number of carbonyl (C=O) groups excluding carboxylic acids is 2. The number of methoxy groups -OCH3 is 1. The molecule has 3 fully saturated rings. The zero-order valence-electron chi connectivity index (χ0n) is 32.3. The Balaban J connectivity index is 1.26. The molecule has 2 aliphatic heterocycles. The van der Waals surface area contributed by atoms with Crippen LogP contribution in [0.15, 0.2) is 54.6 Å². The van der Waals surface area contributed by atoms with E-state index in [1.807, 2.05) is 61.2 Å². The van der Waals surface area contributed by atoms with Gasteiger partial charge in [0.1, 0.15) is 16.6 Å². The molecule has 2 saturated heterocycles. The van der Waals surface area contributed by atoms with E-state index < -0.39 is 51.0 Å². The molecule has 1 saturated carbocycles. The minimum atomic E-state index is -1.29. The first kappa shape index (κ1) is 42.7. The largest absolute Gasteiger partial charge is 0.496 e. The minimum Gasteiger partial charge on any atom is -0.496 e. The molecule has 57 heavy (non-hydrogen) atoms. The normalized spacial score (nSPS) is 23.0. The van der Waals surface area contributed by atoms with Crippen LogP contribution >= 0.6 is 11.6 Å². The van der Waals surface area contributed by atoms with Crippen LogP contribution in [0.2, 0.25) is 5.02 Å². The van der Waals surface area contributed by atoms with E-state index in [0.717, 1.165) is 53.0 Å². The Morgan fingerprint density at radius 1 is 0.982 bits per heavy atom. The highest BCUT2D eigenvalue weighted by atomic mass is 35.5. The zero-order valence-corrected chi connectivity index (χ0v) is 33.9. The highest BCUT2D eigenvalue weighted by molar-refractivity contribution is 7.85. The van der Waals surface area contributed by atoms with E-state index in [-0.39, 0.29) is 60.3 Å². The molecule has 6 rings (SSSR count). The molecule has 3 aromatic carbocycles. The predicted octanol–water partition coefficient (Wildman–Crippen LogP) is 7.36. The number of carbonyl (C=O) groups is 2. The van der Waals surface area contributed by atoms with E-state index in [4.69, 9.17) is 36.2 Å². The number of fused-ring (bicyclic) bond motifs is 2. The second kappa shape index (κ2) is 18.8. The van der Waals surface area contributed by atoms with Gasteiger partial charge in [0.25, 0.3) is 0 Å². The third-order valence-electron chi connectivity index (χ3n) is 11.5. The molecular formula is C41H50ClF2N3O9S. The number of aryl methyl sites for hydroxylation is 1. The van der Waals surface area contributed by atoms with Gasteiger partial charge >= 0.3 is 6.09 Å². The van der Waals surface area contributed by atoms with Crippen molar-refractivity contribution in [3.05, 3.63) is 93.5 Å². The Bertz CT molecular complexity index is 1920. The number of benzene rings is 3. The summed E-state index contributed by atoms with van der Waals surface area (Å²) in [4.78, 5) is 37.5. The summed E-state index contributed by atoms with van der Waals surface area (Å²) in [6.07, 6.45) is 3.39. The number of hydrogen-bond donors (Lipinski definition) is 2. The van der Waals surface area contributed by atoms with Gasteiger partial charge in [-0.2, -0.15) is 0 Å². The van der Waals surface area contributed by atoms with E-state index in [1.165, 1.54) is 0 Å². The average molecular weight is 834 g/mol. The summed E-state index contributed by atoms with van der Waals surface area (Å²) in [6, 6.07) is 14.5. The smallest absolute Gasteiger partial charge is 0.410 e. The van der Waals surface area contributed by atoms with Crippen molar-refractivity contribution >= 4 is 34.4 Å². The molecule has 2 N–H and O–H groups in total. The summed E-state index contributed by atoms with van der Waals surface area (Å²) in [6.45, 7) is 4.40. The van der Waals surface area contributed by atoms with Crippen molar-refractivity contribution < 1.29 is 52.0 Å². The summed E-state index contributed by atoms with van der Waals surface area (Å²) in [5.41, 5.74) is 2.61. The number of rotatable bonds is 17. The first-order valence-electron chi connectivity index (χ1n) is 19.2. The summed E-state index contributed by atoms with van der Waals surface area (Å²) in [5.74, 6) is -1.16. The molecule has 12 nitrogen and oxygen atoms in total. The number of ether oxygens (including phenoxy) is 3. The first-order valence-corrected chi connectivity index (χ1v) is 21.1. The number of halogens is 3. The summed E-state index contributed by atoms with van der Waals surface area (Å²) >= 11 is 5.91. The standard InChI is InChI=1S/C41H50ClF2N3O9S/c1-26-29(9-6-10-35(26)53-3)23-45(30-15-16-30)39(48)41(2)32(22-31-24-57(52)25-36(41)46(31)40(49)55-19-4-5-21-56-47(50)51)28-13-11-27(12-14-28)8-7-20-54-38-34(44)18-17-33(43)37(38)42/h6,9-14,17-18,30-32,36,50-51H,4-5,7-8,15-16,19-25H2,1-3H3. The van der Waals surface area contributed by atoms with Crippen molar-refractivity contribution in [3.63, 3.8) is 0 Å². The second-order valence-electron chi connectivity index (χ2n) is 15.1. The highest BCUT2D eigenvalue weighted by Gasteiger charge is 2.61. The number of amides is 2. The first-order chi connectivity index (χ1) is 27.3. The lowest BCUT2D eigenvalue weighted by molar-refractivity contribution is -0.492. The molecule has 2 bridgehead atoms. The maximum Gasteiger partial charge on any atom is 0.410 e.